The Labute approximate surface area is 83.3 Å². The zero-order valence-electron chi connectivity index (χ0n) is 7.85. The van der Waals surface area contributed by atoms with Gasteiger partial charge in [-0.1, -0.05) is 36.4 Å². The highest BCUT2D eigenvalue weighted by Crippen LogP contribution is 2.17. The van der Waals surface area contributed by atoms with Crippen molar-refractivity contribution in [1.29, 1.82) is 0 Å². The summed E-state index contributed by atoms with van der Waals surface area (Å²) in [5, 5.41) is 0. The molecule has 1 aromatic heterocycles. The van der Waals surface area contributed by atoms with Crippen LogP contribution in [0.2, 0.25) is 0 Å². The van der Waals surface area contributed by atoms with E-state index in [0.717, 1.165) is 6.42 Å². The van der Waals surface area contributed by atoms with E-state index in [4.69, 9.17) is 0 Å². The van der Waals surface area contributed by atoms with Gasteiger partial charge in [-0.3, -0.25) is 0 Å². The number of benzene rings is 1. The summed E-state index contributed by atoms with van der Waals surface area (Å²) in [6.45, 7) is 0. The zero-order valence-corrected chi connectivity index (χ0v) is 7.85. The van der Waals surface area contributed by atoms with Crippen LogP contribution < -0.4 is 0 Å². The summed E-state index contributed by atoms with van der Waals surface area (Å²) in [6.07, 6.45) is 10.6. The van der Waals surface area contributed by atoms with E-state index in [1.165, 1.54) is 11.1 Å². The van der Waals surface area contributed by atoms with Gasteiger partial charge in [0.05, 0.1) is 6.33 Å². The van der Waals surface area contributed by atoms with Crippen LogP contribution in [0.15, 0.2) is 49.1 Å². The van der Waals surface area contributed by atoms with Crippen LogP contribution in [0.5, 0.6) is 0 Å². The van der Waals surface area contributed by atoms with Crippen molar-refractivity contribution in [3.8, 4) is 0 Å². The Morgan fingerprint density at radius 1 is 1.21 bits per heavy atom. The Balaban J connectivity index is 0.000000128. The molecular weight excluding hydrogens is 172 g/mol. The zero-order chi connectivity index (χ0) is 9.64. The number of hydrogen-bond donors (Lipinski definition) is 1. The smallest absolute Gasteiger partial charge is 0.0919 e. The minimum atomic E-state index is 1.12. The number of hydrogen-bond acceptors (Lipinski definition) is 1. The van der Waals surface area contributed by atoms with Gasteiger partial charge in [0.15, 0.2) is 0 Å². The Hall–Kier alpha value is -1.83. The highest BCUT2D eigenvalue weighted by Gasteiger charge is 2.00. The molecule has 0 amide bonds. The van der Waals surface area contributed by atoms with Crippen LogP contribution in [0.3, 0.4) is 0 Å². The highest BCUT2D eigenvalue weighted by atomic mass is 14.8. The Kier molecular flexibility index (Phi) is 2.76. The summed E-state index contributed by atoms with van der Waals surface area (Å²) in [5.74, 6) is 0. The number of aromatic nitrogens is 2. The van der Waals surface area contributed by atoms with E-state index in [1.54, 1.807) is 18.7 Å². The van der Waals surface area contributed by atoms with E-state index in [0.29, 0.717) is 0 Å². The summed E-state index contributed by atoms with van der Waals surface area (Å²) in [6, 6.07) is 8.49. The molecule has 0 spiro atoms. The molecule has 0 atom stereocenters. The topological polar surface area (TPSA) is 28.7 Å². The number of nitrogens with zero attached hydrogens (tertiary/aromatic N) is 1. The number of H-pyrrole nitrogens is 1. The summed E-state index contributed by atoms with van der Waals surface area (Å²) < 4.78 is 0. The summed E-state index contributed by atoms with van der Waals surface area (Å²) in [4.78, 5) is 6.42. The van der Waals surface area contributed by atoms with Crippen LogP contribution in [0.1, 0.15) is 11.1 Å². The molecule has 1 heterocycles. The normalized spacial score (nSPS) is 11.7. The van der Waals surface area contributed by atoms with Gasteiger partial charge >= 0.3 is 0 Å². The average Bonchev–Trinajstić information content (AvgIpc) is 2.92. The lowest BCUT2D eigenvalue weighted by Crippen LogP contribution is -1.76. The third-order valence-corrected chi connectivity index (χ3v) is 2.10. The molecule has 14 heavy (non-hydrogen) atoms. The SMILES string of the molecule is C1=Cc2ccccc2C1.c1c[nH]cn1. The van der Waals surface area contributed by atoms with Gasteiger partial charge in [-0.05, 0) is 17.5 Å². The number of allylic oxidation sites excluding steroid dienone is 1. The van der Waals surface area contributed by atoms with Gasteiger partial charge in [-0.25, -0.2) is 4.98 Å². The van der Waals surface area contributed by atoms with Crippen molar-refractivity contribution in [2.75, 3.05) is 0 Å². The molecule has 0 radical (unpaired) electrons. The molecule has 0 aliphatic heterocycles. The fourth-order valence-corrected chi connectivity index (χ4v) is 1.41. The van der Waals surface area contributed by atoms with Crippen LogP contribution in [-0.2, 0) is 6.42 Å². The molecule has 0 saturated heterocycles. The number of nitrogens with one attached hydrogen (secondary N) is 1. The van der Waals surface area contributed by atoms with E-state index in [1.807, 2.05) is 0 Å². The lowest BCUT2D eigenvalue weighted by molar-refractivity contribution is 1.31. The quantitative estimate of drug-likeness (QED) is 0.670. The monoisotopic (exact) mass is 184 g/mol. The fraction of sp³-hybridized carbons (Fsp3) is 0.0833. The minimum absolute atomic E-state index is 1.12. The van der Waals surface area contributed by atoms with E-state index < -0.39 is 0 Å². The van der Waals surface area contributed by atoms with E-state index in [-0.39, 0.29) is 0 Å². The fourth-order valence-electron chi connectivity index (χ4n) is 1.41. The van der Waals surface area contributed by atoms with Gasteiger partial charge in [0.1, 0.15) is 0 Å². The first-order valence-electron chi connectivity index (χ1n) is 4.64. The molecule has 2 nitrogen and oxygen atoms in total. The maximum absolute atomic E-state index is 3.67. The summed E-state index contributed by atoms with van der Waals surface area (Å²) >= 11 is 0. The van der Waals surface area contributed by atoms with Crippen LogP contribution in [0, 0.1) is 0 Å². The van der Waals surface area contributed by atoms with E-state index >= 15 is 0 Å². The van der Waals surface area contributed by atoms with Gasteiger partial charge < -0.3 is 4.98 Å². The Bertz CT molecular complexity index is 385. The molecule has 0 saturated carbocycles. The molecule has 0 fully saturated rings. The van der Waals surface area contributed by atoms with Gasteiger partial charge in [-0.15, -0.1) is 0 Å². The van der Waals surface area contributed by atoms with Gasteiger partial charge in [0.25, 0.3) is 0 Å². The van der Waals surface area contributed by atoms with E-state index in [2.05, 4.69) is 46.4 Å². The lowest BCUT2D eigenvalue weighted by atomic mass is 10.1. The van der Waals surface area contributed by atoms with Crippen molar-refractivity contribution in [3.05, 3.63) is 60.2 Å². The van der Waals surface area contributed by atoms with Crippen molar-refractivity contribution in [1.82, 2.24) is 9.97 Å². The molecule has 1 N–H and O–H groups in total. The van der Waals surface area contributed by atoms with E-state index in [9.17, 15) is 0 Å². The Morgan fingerprint density at radius 3 is 2.79 bits per heavy atom. The van der Waals surface area contributed by atoms with Crippen molar-refractivity contribution < 1.29 is 0 Å². The number of fused-ring (bicyclic) bond motifs is 1. The highest BCUT2D eigenvalue weighted by molar-refractivity contribution is 5.59. The summed E-state index contributed by atoms with van der Waals surface area (Å²) in [7, 11) is 0. The largest absolute Gasteiger partial charge is 0.351 e. The van der Waals surface area contributed by atoms with Crippen molar-refractivity contribution >= 4 is 6.08 Å². The first-order chi connectivity index (χ1) is 6.97. The second-order valence-electron chi connectivity index (χ2n) is 3.07. The van der Waals surface area contributed by atoms with Gasteiger partial charge in [0.2, 0.25) is 0 Å². The van der Waals surface area contributed by atoms with Gasteiger partial charge in [0, 0.05) is 12.4 Å². The van der Waals surface area contributed by atoms with Gasteiger partial charge in [-0.2, -0.15) is 0 Å². The lowest BCUT2D eigenvalue weighted by Gasteiger charge is -1.93. The predicted molar refractivity (Wildman–Crippen MR) is 57.8 cm³/mol. The maximum Gasteiger partial charge on any atom is 0.0919 e. The molecule has 2 aromatic rings. The molecule has 1 aromatic carbocycles. The third kappa shape index (κ3) is 2.10. The molecule has 70 valence electrons. The molecule has 0 unspecified atom stereocenters. The first-order valence-corrected chi connectivity index (χ1v) is 4.64. The second kappa shape index (κ2) is 4.42. The number of rotatable bonds is 0. The molecule has 3 rings (SSSR count). The van der Waals surface area contributed by atoms with Crippen LogP contribution in [0.4, 0.5) is 0 Å². The predicted octanol–water partition coefficient (Wildman–Crippen LogP) is 2.67. The molecule has 1 aliphatic carbocycles. The van der Waals surface area contributed by atoms with Crippen LogP contribution >= 0.6 is 0 Å². The Morgan fingerprint density at radius 2 is 2.14 bits per heavy atom. The summed E-state index contributed by atoms with van der Waals surface area (Å²) in [5.41, 5.74) is 2.84. The molecular formula is C12H12N2. The first kappa shape index (κ1) is 8.75. The van der Waals surface area contributed by atoms with Crippen molar-refractivity contribution in [3.63, 3.8) is 0 Å². The maximum atomic E-state index is 3.67. The molecule has 0 bridgehead atoms. The second-order valence-corrected chi connectivity index (χ2v) is 3.07. The van der Waals surface area contributed by atoms with Crippen molar-refractivity contribution in [2.45, 2.75) is 6.42 Å². The van der Waals surface area contributed by atoms with Crippen LogP contribution in [0.25, 0.3) is 6.08 Å². The standard InChI is InChI=1S/C9H8.C3H4N2/c1-2-5-9-7-3-6-8(9)4-1;1-2-5-3-4-1/h1-6H,7H2;1-3H,(H,4,5). The van der Waals surface area contributed by atoms with Crippen molar-refractivity contribution in [2.24, 2.45) is 0 Å². The molecule has 1 aliphatic rings. The third-order valence-electron chi connectivity index (χ3n) is 2.10. The average molecular weight is 184 g/mol. The number of imidazole rings is 1. The molecule has 2 heteroatoms. The number of aromatic amines is 1. The minimum Gasteiger partial charge on any atom is -0.351 e. The van der Waals surface area contributed by atoms with Crippen LogP contribution in [-0.4, -0.2) is 9.97 Å².